The summed E-state index contributed by atoms with van der Waals surface area (Å²) in [6.07, 6.45) is -0.443. The van der Waals surface area contributed by atoms with Gasteiger partial charge in [0.1, 0.15) is 11.6 Å². The Morgan fingerprint density at radius 1 is 1.42 bits per heavy atom. The summed E-state index contributed by atoms with van der Waals surface area (Å²) in [4.78, 5) is 36.7. The minimum absolute atomic E-state index is 0.236. The van der Waals surface area contributed by atoms with Crippen LogP contribution in [0.4, 0.5) is 0 Å². The van der Waals surface area contributed by atoms with E-state index < -0.39 is 35.0 Å². The minimum atomic E-state index is -1.16. The molecule has 3 amide bonds. The average Bonchev–Trinajstić information content (AvgIpc) is 3.04. The van der Waals surface area contributed by atoms with Crippen LogP contribution >= 0.6 is 12.6 Å². The highest BCUT2D eigenvalue weighted by Crippen LogP contribution is 2.56. The third-order valence-corrected chi connectivity index (χ3v) is 5.94. The molecule has 0 radical (unpaired) electrons. The third kappa shape index (κ3) is 4.69. The van der Waals surface area contributed by atoms with E-state index in [0.29, 0.717) is 12.2 Å². The number of aliphatic hydroxyl groups is 1. The molecule has 6 N–H and O–H groups in total. The van der Waals surface area contributed by atoms with Crippen LogP contribution in [0, 0.1) is 16.7 Å². The Kier molecular flexibility index (Phi) is 7.70. The second-order valence-electron chi connectivity index (χ2n) is 8.15. The van der Waals surface area contributed by atoms with Crippen LogP contribution < -0.4 is 16.8 Å². The van der Waals surface area contributed by atoms with Crippen molar-refractivity contribution in [3.63, 3.8) is 0 Å². The molecule has 9 nitrogen and oxygen atoms in total. The van der Waals surface area contributed by atoms with Crippen LogP contribution in [-0.4, -0.2) is 57.7 Å². The summed E-state index contributed by atoms with van der Waals surface area (Å²) in [5.74, 6) is -0.531. The molecule has 0 aromatic heterocycles. The van der Waals surface area contributed by atoms with Gasteiger partial charge in [-0.15, -0.1) is 0 Å². The van der Waals surface area contributed by atoms with E-state index in [1.165, 1.54) is 11.8 Å². The monoisotopic (exact) mass is 447 g/mol. The molecule has 5 unspecified atom stereocenters. The molecule has 2 saturated heterocycles. The lowest BCUT2D eigenvalue weighted by molar-refractivity contribution is -0.156. The first kappa shape index (κ1) is 24.7. The van der Waals surface area contributed by atoms with Crippen LogP contribution in [0.25, 0.3) is 0 Å². The predicted molar refractivity (Wildman–Crippen MR) is 117 cm³/mol. The molecule has 1 aromatic carbocycles. The van der Waals surface area contributed by atoms with Crippen molar-refractivity contribution in [3.8, 4) is 6.07 Å². The van der Waals surface area contributed by atoms with Crippen LogP contribution in [-0.2, 0) is 14.4 Å². The lowest BCUT2D eigenvalue weighted by atomic mass is 9.75. The maximum atomic E-state index is 13.1. The quantitative estimate of drug-likeness (QED) is 0.312. The van der Waals surface area contributed by atoms with E-state index in [-0.39, 0.29) is 24.8 Å². The Labute approximate surface area is 187 Å². The van der Waals surface area contributed by atoms with Gasteiger partial charge in [0.15, 0.2) is 0 Å². The maximum absolute atomic E-state index is 13.1. The van der Waals surface area contributed by atoms with Gasteiger partial charge in [0.2, 0.25) is 17.7 Å². The largest absolute Gasteiger partial charge is 0.391 e. The molecular weight excluding hydrogens is 418 g/mol. The zero-order valence-electron chi connectivity index (χ0n) is 17.6. The second kappa shape index (κ2) is 9.68. The van der Waals surface area contributed by atoms with Crippen molar-refractivity contribution in [2.75, 3.05) is 12.3 Å². The number of aliphatic hydroxyl groups excluding tert-OH is 1. The SMILES string of the molecule is CC(O)C(N)C(=O)N1C(c2ccccc2)C(C)(C#N)CC12CNC2=O.NC(=O)CCS. The predicted octanol–water partition coefficient (Wildman–Crippen LogP) is -0.142. The van der Waals surface area contributed by atoms with E-state index in [9.17, 15) is 24.8 Å². The van der Waals surface area contributed by atoms with Gasteiger partial charge >= 0.3 is 0 Å². The highest BCUT2D eigenvalue weighted by molar-refractivity contribution is 7.80. The summed E-state index contributed by atoms with van der Waals surface area (Å²) in [7, 11) is 0. The summed E-state index contributed by atoms with van der Waals surface area (Å²) < 4.78 is 0. The van der Waals surface area contributed by atoms with Crippen LogP contribution in [0.2, 0.25) is 0 Å². The minimum Gasteiger partial charge on any atom is -0.391 e. The van der Waals surface area contributed by atoms with E-state index in [1.54, 1.807) is 6.92 Å². The molecule has 0 aliphatic carbocycles. The molecule has 10 heteroatoms. The van der Waals surface area contributed by atoms with Gasteiger partial charge in [-0.05, 0) is 25.2 Å². The number of thiol groups is 1. The van der Waals surface area contributed by atoms with Crippen molar-refractivity contribution in [2.45, 2.75) is 50.4 Å². The molecule has 31 heavy (non-hydrogen) atoms. The highest BCUT2D eigenvalue weighted by atomic mass is 32.1. The van der Waals surface area contributed by atoms with E-state index in [4.69, 9.17) is 11.5 Å². The number of amides is 3. The van der Waals surface area contributed by atoms with Gasteiger partial charge in [-0.3, -0.25) is 14.4 Å². The first-order valence-corrected chi connectivity index (χ1v) is 10.6. The zero-order valence-corrected chi connectivity index (χ0v) is 18.5. The van der Waals surface area contributed by atoms with Crippen molar-refractivity contribution in [2.24, 2.45) is 16.9 Å². The number of rotatable bonds is 5. The Balaban J connectivity index is 0.000000501. The number of nitrogens with zero attached hydrogens (tertiary/aromatic N) is 2. The van der Waals surface area contributed by atoms with E-state index in [1.807, 2.05) is 30.3 Å². The number of carbonyl (C=O) groups excluding carboxylic acids is 3. The van der Waals surface area contributed by atoms with Crippen molar-refractivity contribution >= 4 is 30.4 Å². The molecule has 0 saturated carbocycles. The standard InChI is InChI=1S/C18H22N4O3.C3H7NOS/c1-11(23)13(20)15(24)22-14(12-6-4-3-5-7-12)17(2,9-19)8-18(22)10-21-16(18)25;4-3(5)1-2-6/h3-7,11,13-14,23H,8,10,20H2,1-2H3,(H,21,25);6H,1-2H2,(H2,4,5). The van der Waals surface area contributed by atoms with Gasteiger partial charge in [0.05, 0.1) is 30.2 Å². The lowest BCUT2D eigenvalue weighted by Gasteiger charge is -2.47. The molecule has 2 fully saturated rings. The Bertz CT molecular complexity index is 874. The summed E-state index contributed by atoms with van der Waals surface area (Å²) in [5, 5.41) is 22.3. The Hall–Kier alpha value is -2.61. The fraction of sp³-hybridized carbons (Fsp3) is 0.524. The van der Waals surface area contributed by atoms with Crippen molar-refractivity contribution in [1.29, 1.82) is 5.26 Å². The zero-order chi connectivity index (χ0) is 23.4. The van der Waals surface area contributed by atoms with E-state index >= 15 is 0 Å². The number of nitrogens with two attached hydrogens (primary N) is 2. The summed E-state index contributed by atoms with van der Waals surface area (Å²) >= 11 is 3.76. The smallest absolute Gasteiger partial charge is 0.248 e. The van der Waals surface area contributed by atoms with Crippen LogP contribution in [0.3, 0.4) is 0 Å². The summed E-state index contributed by atoms with van der Waals surface area (Å²) in [6, 6.07) is 9.73. The molecular formula is C21H29N5O4S. The van der Waals surface area contributed by atoms with Gasteiger partial charge in [-0.2, -0.15) is 17.9 Å². The third-order valence-electron chi connectivity index (χ3n) is 5.72. The molecule has 5 atom stereocenters. The van der Waals surface area contributed by atoms with Crippen LogP contribution in [0.1, 0.15) is 38.3 Å². The number of nitrogens with one attached hydrogen (secondary N) is 1. The number of hydrogen-bond acceptors (Lipinski definition) is 7. The van der Waals surface area contributed by atoms with Crippen molar-refractivity contribution in [1.82, 2.24) is 10.2 Å². The number of carbonyl (C=O) groups is 3. The second-order valence-corrected chi connectivity index (χ2v) is 8.60. The average molecular weight is 448 g/mol. The molecule has 2 heterocycles. The van der Waals surface area contributed by atoms with Gasteiger partial charge < -0.3 is 26.8 Å². The van der Waals surface area contributed by atoms with Crippen LogP contribution in [0.5, 0.6) is 0 Å². The Morgan fingerprint density at radius 3 is 2.39 bits per heavy atom. The fourth-order valence-corrected chi connectivity index (χ4v) is 4.31. The Morgan fingerprint density at radius 2 is 2.03 bits per heavy atom. The number of β-lactam (4-membered cyclic amide) rings is 1. The summed E-state index contributed by atoms with van der Waals surface area (Å²) in [5.41, 5.74) is 9.36. The number of likely N-dealkylation sites (tertiary alicyclic amines) is 1. The molecule has 168 valence electrons. The van der Waals surface area contributed by atoms with Gasteiger partial charge in [0.25, 0.3) is 0 Å². The lowest BCUT2D eigenvalue weighted by Crippen LogP contribution is -2.73. The number of benzene rings is 1. The number of nitriles is 1. The molecule has 2 aliphatic rings. The van der Waals surface area contributed by atoms with Gasteiger partial charge in [0, 0.05) is 12.8 Å². The molecule has 1 spiro atoms. The summed E-state index contributed by atoms with van der Waals surface area (Å²) in [6.45, 7) is 3.48. The first-order chi connectivity index (χ1) is 14.5. The molecule has 1 aromatic rings. The molecule has 3 rings (SSSR count). The normalized spacial score (nSPS) is 28.5. The van der Waals surface area contributed by atoms with Crippen LogP contribution in [0.15, 0.2) is 30.3 Å². The maximum Gasteiger partial charge on any atom is 0.248 e. The number of primary amides is 1. The number of hydrogen-bond donors (Lipinski definition) is 5. The van der Waals surface area contributed by atoms with Crippen molar-refractivity contribution < 1.29 is 19.5 Å². The van der Waals surface area contributed by atoms with E-state index in [2.05, 4.69) is 24.0 Å². The van der Waals surface area contributed by atoms with E-state index in [0.717, 1.165) is 5.56 Å². The molecule has 0 bridgehead atoms. The fourth-order valence-electron chi connectivity index (χ4n) is 4.09. The highest BCUT2D eigenvalue weighted by Gasteiger charge is 2.67. The van der Waals surface area contributed by atoms with Crippen molar-refractivity contribution in [3.05, 3.63) is 35.9 Å². The topological polar surface area (TPSA) is 163 Å². The van der Waals surface area contributed by atoms with Gasteiger partial charge in [-0.1, -0.05) is 30.3 Å². The first-order valence-electron chi connectivity index (χ1n) is 9.94. The van der Waals surface area contributed by atoms with Gasteiger partial charge in [-0.25, -0.2) is 0 Å². The molecule has 2 aliphatic heterocycles.